The van der Waals surface area contributed by atoms with Crippen LogP contribution >= 0.6 is 0 Å². The van der Waals surface area contributed by atoms with E-state index in [4.69, 9.17) is 4.98 Å². The van der Waals surface area contributed by atoms with Crippen LogP contribution in [0.3, 0.4) is 0 Å². The summed E-state index contributed by atoms with van der Waals surface area (Å²) in [4.78, 5) is 9.24. The van der Waals surface area contributed by atoms with Gasteiger partial charge in [-0.3, -0.25) is 0 Å². The molecule has 0 fully saturated rings. The summed E-state index contributed by atoms with van der Waals surface area (Å²) in [5.41, 5.74) is 5.28. The first-order chi connectivity index (χ1) is 9.27. The van der Waals surface area contributed by atoms with Gasteiger partial charge in [0.15, 0.2) is 0 Å². The smallest absolute Gasteiger partial charge is 0.101 e. The third kappa shape index (κ3) is 1.62. The summed E-state index contributed by atoms with van der Waals surface area (Å²) in [5.74, 6) is 0. The SMILES string of the molecule is Cc1nc2c3ccc[c-]c3c3ncccc3n2c1C.[Ir]. The summed E-state index contributed by atoms with van der Waals surface area (Å²) in [6.45, 7) is 4.14. The van der Waals surface area contributed by atoms with E-state index in [1.165, 1.54) is 5.69 Å². The number of pyridine rings is 2. The van der Waals surface area contributed by atoms with Gasteiger partial charge in [-0.15, -0.1) is 29.7 Å². The Kier molecular flexibility index (Phi) is 3.08. The fourth-order valence-electron chi connectivity index (χ4n) is 2.67. The molecule has 0 bridgehead atoms. The van der Waals surface area contributed by atoms with Crippen LogP contribution in [0.15, 0.2) is 36.5 Å². The molecule has 0 atom stereocenters. The first kappa shape index (κ1) is 13.2. The number of aromatic nitrogens is 3. The summed E-state index contributed by atoms with van der Waals surface area (Å²) in [6, 6.07) is 13.4. The van der Waals surface area contributed by atoms with Crippen molar-refractivity contribution in [3.05, 3.63) is 54.0 Å². The zero-order valence-corrected chi connectivity index (χ0v) is 13.5. The van der Waals surface area contributed by atoms with Gasteiger partial charge in [0.1, 0.15) is 5.65 Å². The molecule has 0 aliphatic carbocycles. The van der Waals surface area contributed by atoms with Crippen molar-refractivity contribution >= 4 is 27.5 Å². The van der Waals surface area contributed by atoms with Gasteiger partial charge in [-0.05, 0) is 26.0 Å². The number of benzene rings is 1. The average molecular weight is 439 g/mol. The molecule has 1 radical (unpaired) electrons. The van der Waals surface area contributed by atoms with Gasteiger partial charge in [-0.25, -0.2) is 4.98 Å². The number of hydrogen-bond donors (Lipinski definition) is 0. The Hall–Kier alpha value is -1.77. The summed E-state index contributed by atoms with van der Waals surface area (Å²) in [5, 5.41) is 2.14. The van der Waals surface area contributed by atoms with Crippen molar-refractivity contribution in [2.24, 2.45) is 0 Å². The molecule has 20 heavy (non-hydrogen) atoms. The van der Waals surface area contributed by atoms with Crippen LogP contribution in [-0.4, -0.2) is 14.4 Å². The van der Waals surface area contributed by atoms with E-state index >= 15 is 0 Å². The third-order valence-corrected chi connectivity index (χ3v) is 3.71. The second-order valence-electron chi connectivity index (χ2n) is 4.77. The van der Waals surface area contributed by atoms with E-state index in [1.54, 1.807) is 0 Å². The zero-order valence-electron chi connectivity index (χ0n) is 11.1. The van der Waals surface area contributed by atoms with Crippen LogP contribution in [0.5, 0.6) is 0 Å². The second-order valence-corrected chi connectivity index (χ2v) is 4.77. The number of imidazole rings is 1. The third-order valence-electron chi connectivity index (χ3n) is 3.71. The molecule has 4 aromatic rings. The van der Waals surface area contributed by atoms with Crippen LogP contribution < -0.4 is 0 Å². The van der Waals surface area contributed by atoms with Crippen molar-refractivity contribution in [3.63, 3.8) is 0 Å². The monoisotopic (exact) mass is 439 g/mol. The van der Waals surface area contributed by atoms with Gasteiger partial charge < -0.3 is 9.38 Å². The van der Waals surface area contributed by atoms with Crippen LogP contribution in [0, 0.1) is 19.9 Å². The standard InChI is InChI=1S/C16H12N3.Ir/c1-10-11(2)19-14-8-5-9-17-15(14)12-6-3-4-7-13(12)16(19)18-10;/h3-5,7-9H,1-2H3;/q-1;. The van der Waals surface area contributed by atoms with Gasteiger partial charge in [-0.2, -0.15) is 0 Å². The van der Waals surface area contributed by atoms with Gasteiger partial charge in [0, 0.05) is 43.0 Å². The second kappa shape index (κ2) is 4.65. The average Bonchev–Trinajstić information content (AvgIpc) is 2.76. The van der Waals surface area contributed by atoms with E-state index in [0.29, 0.717) is 0 Å². The quantitative estimate of drug-likeness (QED) is 0.311. The number of rotatable bonds is 0. The Balaban J connectivity index is 0.00000121. The van der Waals surface area contributed by atoms with E-state index in [-0.39, 0.29) is 20.1 Å². The van der Waals surface area contributed by atoms with Crippen LogP contribution in [0.25, 0.3) is 27.5 Å². The molecule has 3 nitrogen and oxygen atoms in total. The molecule has 0 saturated carbocycles. The molecule has 0 amide bonds. The molecule has 101 valence electrons. The van der Waals surface area contributed by atoms with Gasteiger partial charge >= 0.3 is 0 Å². The number of nitrogens with zero attached hydrogens (tertiary/aromatic N) is 3. The van der Waals surface area contributed by atoms with Gasteiger partial charge in [0.25, 0.3) is 0 Å². The Morgan fingerprint density at radius 2 is 2.00 bits per heavy atom. The molecule has 0 aliphatic rings. The zero-order chi connectivity index (χ0) is 13.0. The molecule has 3 heterocycles. The molecule has 4 rings (SSSR count). The van der Waals surface area contributed by atoms with E-state index in [9.17, 15) is 0 Å². The Labute approximate surface area is 130 Å². The minimum Gasteiger partial charge on any atom is -0.311 e. The molecular formula is C16H12IrN3-. The van der Waals surface area contributed by atoms with Crippen molar-refractivity contribution in [2.45, 2.75) is 13.8 Å². The summed E-state index contributed by atoms with van der Waals surface area (Å²) < 4.78 is 2.19. The largest absolute Gasteiger partial charge is 0.311 e. The van der Waals surface area contributed by atoms with Crippen LogP contribution in [0.1, 0.15) is 11.4 Å². The topological polar surface area (TPSA) is 30.2 Å². The molecule has 4 heteroatoms. The number of aryl methyl sites for hydroxylation is 2. The molecule has 3 aromatic heterocycles. The van der Waals surface area contributed by atoms with E-state index in [2.05, 4.69) is 34.5 Å². The maximum absolute atomic E-state index is 4.71. The molecule has 0 saturated heterocycles. The Morgan fingerprint density at radius 3 is 2.85 bits per heavy atom. The Bertz CT molecular complexity index is 941. The van der Waals surface area contributed by atoms with Crippen molar-refractivity contribution < 1.29 is 20.1 Å². The molecule has 0 unspecified atom stereocenters. The van der Waals surface area contributed by atoms with E-state index < -0.39 is 0 Å². The summed E-state index contributed by atoms with van der Waals surface area (Å²) >= 11 is 0. The van der Waals surface area contributed by atoms with Crippen LogP contribution in [0.2, 0.25) is 0 Å². The van der Waals surface area contributed by atoms with Crippen molar-refractivity contribution in [1.29, 1.82) is 0 Å². The van der Waals surface area contributed by atoms with Crippen molar-refractivity contribution in [1.82, 2.24) is 14.4 Å². The fourth-order valence-corrected chi connectivity index (χ4v) is 2.67. The van der Waals surface area contributed by atoms with E-state index in [0.717, 1.165) is 33.1 Å². The van der Waals surface area contributed by atoms with Gasteiger partial charge in [-0.1, -0.05) is 5.39 Å². The van der Waals surface area contributed by atoms with Gasteiger partial charge in [0.05, 0.1) is 5.69 Å². The van der Waals surface area contributed by atoms with Crippen LogP contribution in [-0.2, 0) is 20.1 Å². The number of fused-ring (bicyclic) bond motifs is 6. The molecular weight excluding hydrogens is 426 g/mol. The fraction of sp³-hybridized carbons (Fsp3) is 0.125. The Morgan fingerprint density at radius 1 is 1.15 bits per heavy atom. The summed E-state index contributed by atoms with van der Waals surface area (Å²) in [6.07, 6.45) is 1.83. The normalized spacial score (nSPS) is 11.1. The first-order valence-electron chi connectivity index (χ1n) is 6.30. The minimum absolute atomic E-state index is 0. The van der Waals surface area contributed by atoms with Crippen LogP contribution in [0.4, 0.5) is 0 Å². The first-order valence-corrected chi connectivity index (χ1v) is 6.30. The van der Waals surface area contributed by atoms with E-state index in [1.807, 2.05) is 31.3 Å². The predicted octanol–water partition coefficient (Wildman–Crippen LogP) is 3.45. The van der Waals surface area contributed by atoms with Crippen molar-refractivity contribution in [3.8, 4) is 0 Å². The minimum atomic E-state index is 0. The maximum atomic E-state index is 4.71. The predicted molar refractivity (Wildman–Crippen MR) is 76.3 cm³/mol. The molecule has 0 N–H and O–H groups in total. The molecule has 1 aromatic carbocycles. The molecule has 0 spiro atoms. The van der Waals surface area contributed by atoms with Gasteiger partial charge in [0.2, 0.25) is 0 Å². The molecule has 0 aliphatic heterocycles. The summed E-state index contributed by atoms with van der Waals surface area (Å²) in [7, 11) is 0. The number of hydrogen-bond acceptors (Lipinski definition) is 2. The maximum Gasteiger partial charge on any atom is 0.101 e. The van der Waals surface area contributed by atoms with Crippen molar-refractivity contribution in [2.75, 3.05) is 0 Å².